The highest BCUT2D eigenvalue weighted by atomic mass is 35.5. The van der Waals surface area contributed by atoms with Gasteiger partial charge in [0.1, 0.15) is 5.82 Å². The number of anilines is 1. The zero-order chi connectivity index (χ0) is 12.3. The minimum atomic E-state index is -0.168. The van der Waals surface area contributed by atoms with Gasteiger partial charge in [-0.05, 0) is 24.6 Å². The molecular weight excluding hydrogens is 238 g/mol. The van der Waals surface area contributed by atoms with Gasteiger partial charge in [-0.15, -0.1) is 11.6 Å². The van der Waals surface area contributed by atoms with Gasteiger partial charge in [0.15, 0.2) is 0 Å². The molecular formula is C12H12ClN3O. The molecule has 88 valence electrons. The Labute approximate surface area is 104 Å². The number of H-pyrrole nitrogens is 1. The third kappa shape index (κ3) is 2.65. The lowest BCUT2D eigenvalue weighted by Crippen LogP contribution is -2.12. The van der Waals surface area contributed by atoms with Crippen LogP contribution in [0.25, 0.3) is 0 Å². The lowest BCUT2D eigenvalue weighted by Gasteiger charge is -2.04. The standard InChI is InChI=1S/C12H12ClN3O/c1-8-7-14-16-11(8)15-12(17)10-4-2-9(6-13)3-5-10/h2-5,7H,6H2,1H3,(H2,14,15,16,17). The summed E-state index contributed by atoms with van der Waals surface area (Å²) >= 11 is 5.68. The van der Waals surface area contributed by atoms with Gasteiger partial charge in [-0.2, -0.15) is 5.10 Å². The van der Waals surface area contributed by atoms with Crippen molar-refractivity contribution in [2.75, 3.05) is 5.32 Å². The molecule has 0 saturated carbocycles. The number of halogens is 1. The number of rotatable bonds is 3. The SMILES string of the molecule is Cc1cn[nH]c1NC(=O)c1ccc(CCl)cc1. The summed E-state index contributed by atoms with van der Waals surface area (Å²) in [5, 5.41) is 9.32. The first-order chi connectivity index (χ1) is 8.20. The van der Waals surface area contributed by atoms with E-state index in [-0.39, 0.29) is 5.91 Å². The average molecular weight is 250 g/mol. The molecule has 1 aromatic carbocycles. The Balaban J connectivity index is 2.12. The Hall–Kier alpha value is -1.81. The molecule has 0 radical (unpaired) electrons. The molecule has 2 N–H and O–H groups in total. The van der Waals surface area contributed by atoms with Crippen molar-refractivity contribution < 1.29 is 4.79 Å². The number of benzene rings is 1. The van der Waals surface area contributed by atoms with Crippen molar-refractivity contribution in [2.45, 2.75) is 12.8 Å². The van der Waals surface area contributed by atoms with Gasteiger partial charge in [-0.3, -0.25) is 9.89 Å². The van der Waals surface area contributed by atoms with Crippen LogP contribution in [0.4, 0.5) is 5.82 Å². The number of hydrogen-bond acceptors (Lipinski definition) is 2. The van der Waals surface area contributed by atoms with Crippen LogP contribution in [0.1, 0.15) is 21.5 Å². The molecule has 2 rings (SSSR count). The number of carbonyl (C=O) groups excluding carboxylic acids is 1. The Morgan fingerprint density at radius 2 is 2.12 bits per heavy atom. The third-order valence-electron chi connectivity index (χ3n) is 2.44. The molecule has 0 atom stereocenters. The second kappa shape index (κ2) is 5.01. The Morgan fingerprint density at radius 1 is 1.41 bits per heavy atom. The van der Waals surface area contributed by atoms with Crippen molar-refractivity contribution in [3.63, 3.8) is 0 Å². The summed E-state index contributed by atoms with van der Waals surface area (Å²) in [6, 6.07) is 7.17. The van der Waals surface area contributed by atoms with Crippen LogP contribution in [0.5, 0.6) is 0 Å². The van der Waals surface area contributed by atoms with Crippen molar-refractivity contribution in [3.8, 4) is 0 Å². The maximum atomic E-state index is 11.9. The van der Waals surface area contributed by atoms with Gasteiger partial charge in [0.05, 0.1) is 6.20 Å². The normalized spacial score (nSPS) is 10.2. The molecule has 0 aliphatic rings. The summed E-state index contributed by atoms with van der Waals surface area (Å²) in [6.45, 7) is 1.87. The second-order valence-electron chi connectivity index (χ2n) is 3.71. The number of alkyl halides is 1. The topological polar surface area (TPSA) is 57.8 Å². The molecule has 1 aromatic heterocycles. The fraction of sp³-hybridized carbons (Fsp3) is 0.167. The molecule has 4 nitrogen and oxygen atoms in total. The van der Waals surface area contributed by atoms with E-state index in [0.717, 1.165) is 11.1 Å². The molecule has 0 unspecified atom stereocenters. The molecule has 1 heterocycles. The number of hydrogen-bond donors (Lipinski definition) is 2. The van der Waals surface area contributed by atoms with Gasteiger partial charge in [-0.1, -0.05) is 12.1 Å². The molecule has 1 amide bonds. The van der Waals surface area contributed by atoms with E-state index >= 15 is 0 Å². The zero-order valence-corrected chi connectivity index (χ0v) is 10.1. The fourth-order valence-electron chi connectivity index (χ4n) is 1.40. The van der Waals surface area contributed by atoms with Crippen LogP contribution in [-0.2, 0) is 5.88 Å². The molecule has 2 aromatic rings. The van der Waals surface area contributed by atoms with Crippen molar-refractivity contribution in [1.29, 1.82) is 0 Å². The largest absolute Gasteiger partial charge is 0.307 e. The number of aromatic amines is 1. The van der Waals surface area contributed by atoms with E-state index in [1.807, 2.05) is 19.1 Å². The average Bonchev–Trinajstić information content (AvgIpc) is 2.75. The van der Waals surface area contributed by atoms with Crippen molar-refractivity contribution in [3.05, 3.63) is 47.2 Å². The van der Waals surface area contributed by atoms with E-state index in [4.69, 9.17) is 11.6 Å². The van der Waals surface area contributed by atoms with Crippen LogP contribution in [-0.4, -0.2) is 16.1 Å². The second-order valence-corrected chi connectivity index (χ2v) is 3.98. The monoisotopic (exact) mass is 249 g/mol. The van der Waals surface area contributed by atoms with Gasteiger partial charge in [0.2, 0.25) is 0 Å². The van der Waals surface area contributed by atoms with Gasteiger partial charge in [-0.25, -0.2) is 0 Å². The Morgan fingerprint density at radius 3 is 2.65 bits per heavy atom. The molecule has 0 fully saturated rings. The van der Waals surface area contributed by atoms with Crippen LogP contribution in [0.15, 0.2) is 30.5 Å². The van der Waals surface area contributed by atoms with Crippen molar-refractivity contribution >= 4 is 23.3 Å². The van der Waals surface area contributed by atoms with Crippen molar-refractivity contribution in [1.82, 2.24) is 10.2 Å². The first kappa shape index (κ1) is 11.7. The number of nitrogens with one attached hydrogen (secondary N) is 2. The van der Waals surface area contributed by atoms with E-state index < -0.39 is 0 Å². The van der Waals surface area contributed by atoms with Crippen LogP contribution in [0.3, 0.4) is 0 Å². The predicted molar refractivity (Wildman–Crippen MR) is 67.3 cm³/mol. The van der Waals surface area contributed by atoms with Gasteiger partial charge < -0.3 is 5.32 Å². The summed E-state index contributed by atoms with van der Waals surface area (Å²) in [5.41, 5.74) is 2.48. The number of aryl methyl sites for hydroxylation is 1. The molecule has 17 heavy (non-hydrogen) atoms. The van der Waals surface area contributed by atoms with Crippen LogP contribution in [0.2, 0.25) is 0 Å². The summed E-state index contributed by atoms with van der Waals surface area (Å²) in [7, 11) is 0. The smallest absolute Gasteiger partial charge is 0.256 e. The first-order valence-electron chi connectivity index (χ1n) is 5.17. The highest BCUT2D eigenvalue weighted by Gasteiger charge is 2.08. The summed E-state index contributed by atoms with van der Waals surface area (Å²) < 4.78 is 0. The minimum absolute atomic E-state index is 0.168. The highest BCUT2D eigenvalue weighted by Crippen LogP contribution is 2.12. The van der Waals surface area contributed by atoms with E-state index in [1.54, 1.807) is 18.3 Å². The Bertz CT molecular complexity index is 519. The summed E-state index contributed by atoms with van der Waals surface area (Å²) in [4.78, 5) is 11.9. The lowest BCUT2D eigenvalue weighted by molar-refractivity contribution is 0.102. The molecule has 0 aliphatic heterocycles. The molecule has 0 aliphatic carbocycles. The third-order valence-corrected chi connectivity index (χ3v) is 2.75. The number of carbonyl (C=O) groups is 1. The van der Waals surface area contributed by atoms with Crippen LogP contribution in [0, 0.1) is 6.92 Å². The van der Waals surface area contributed by atoms with E-state index in [9.17, 15) is 4.79 Å². The highest BCUT2D eigenvalue weighted by molar-refractivity contribution is 6.17. The van der Waals surface area contributed by atoms with E-state index in [0.29, 0.717) is 17.3 Å². The minimum Gasteiger partial charge on any atom is -0.307 e. The molecule has 0 saturated heterocycles. The van der Waals surface area contributed by atoms with Crippen LogP contribution < -0.4 is 5.32 Å². The first-order valence-corrected chi connectivity index (χ1v) is 5.70. The van der Waals surface area contributed by atoms with Crippen LogP contribution >= 0.6 is 11.6 Å². The maximum absolute atomic E-state index is 11.9. The summed E-state index contributed by atoms with van der Waals surface area (Å²) in [5.74, 6) is 0.900. The van der Waals surface area contributed by atoms with Gasteiger partial charge in [0, 0.05) is 17.0 Å². The van der Waals surface area contributed by atoms with Crippen molar-refractivity contribution in [2.24, 2.45) is 0 Å². The van der Waals surface area contributed by atoms with E-state index in [1.165, 1.54) is 0 Å². The number of nitrogens with zero attached hydrogens (tertiary/aromatic N) is 1. The molecule has 0 spiro atoms. The van der Waals surface area contributed by atoms with Gasteiger partial charge in [0.25, 0.3) is 5.91 Å². The number of amides is 1. The molecule has 0 bridgehead atoms. The zero-order valence-electron chi connectivity index (χ0n) is 9.33. The number of aromatic nitrogens is 2. The maximum Gasteiger partial charge on any atom is 0.256 e. The summed E-state index contributed by atoms with van der Waals surface area (Å²) in [6.07, 6.45) is 1.66. The van der Waals surface area contributed by atoms with Gasteiger partial charge >= 0.3 is 0 Å². The lowest BCUT2D eigenvalue weighted by atomic mass is 10.1. The fourth-order valence-corrected chi connectivity index (χ4v) is 1.58. The molecule has 5 heteroatoms. The van der Waals surface area contributed by atoms with E-state index in [2.05, 4.69) is 15.5 Å². The Kier molecular flexibility index (Phi) is 3.44. The predicted octanol–water partition coefficient (Wildman–Crippen LogP) is 2.71. The quantitative estimate of drug-likeness (QED) is 0.822.